The molecule has 0 saturated carbocycles. The second kappa shape index (κ2) is 5.59. The summed E-state index contributed by atoms with van der Waals surface area (Å²) in [6, 6.07) is 0.287. The molecule has 0 saturated heterocycles. The van der Waals surface area contributed by atoms with Crippen LogP contribution in [-0.4, -0.2) is 12.6 Å². The number of benzene rings is 1. The fourth-order valence-electron chi connectivity index (χ4n) is 1.16. The summed E-state index contributed by atoms with van der Waals surface area (Å²) in [5.74, 6) is -8.60. The molecule has 0 amide bonds. The van der Waals surface area contributed by atoms with E-state index in [9.17, 15) is 22.4 Å². The zero-order chi connectivity index (χ0) is 14.8. The van der Waals surface area contributed by atoms with Crippen LogP contribution in [-0.2, 0) is 4.74 Å². The van der Waals surface area contributed by atoms with Gasteiger partial charge in [-0.3, -0.25) is 0 Å². The van der Waals surface area contributed by atoms with Crippen LogP contribution in [0.5, 0.6) is 0 Å². The van der Waals surface area contributed by atoms with Crippen LogP contribution in [0.1, 0.15) is 37.6 Å². The molecule has 0 spiro atoms. The molecular weight excluding hydrogens is 264 g/mol. The van der Waals surface area contributed by atoms with Crippen molar-refractivity contribution in [2.24, 2.45) is 5.41 Å². The monoisotopic (exact) mass is 278 g/mol. The standard InChI is InChI=1S/C13H14F4O2/c1-4-13(2,3)6-19-12(18)7-5-8(14)10(16)11(17)9(7)15/h5H,4,6H2,1-3H3. The van der Waals surface area contributed by atoms with E-state index in [4.69, 9.17) is 4.74 Å². The molecule has 1 rings (SSSR count). The summed E-state index contributed by atoms with van der Waals surface area (Å²) < 4.78 is 56.7. The molecule has 0 N–H and O–H groups in total. The quantitative estimate of drug-likeness (QED) is 0.362. The largest absolute Gasteiger partial charge is 0.461 e. The number of carbonyl (C=O) groups is 1. The van der Waals surface area contributed by atoms with E-state index in [0.29, 0.717) is 6.42 Å². The highest BCUT2D eigenvalue weighted by Gasteiger charge is 2.25. The lowest BCUT2D eigenvalue weighted by molar-refractivity contribution is 0.0328. The minimum atomic E-state index is -2.03. The minimum Gasteiger partial charge on any atom is -0.461 e. The van der Waals surface area contributed by atoms with Crippen molar-refractivity contribution in [3.63, 3.8) is 0 Å². The lowest BCUT2D eigenvalue weighted by atomic mass is 9.92. The van der Waals surface area contributed by atoms with Gasteiger partial charge in [0.15, 0.2) is 23.3 Å². The van der Waals surface area contributed by atoms with E-state index in [2.05, 4.69) is 0 Å². The Hall–Kier alpha value is -1.59. The molecule has 0 aliphatic carbocycles. The van der Waals surface area contributed by atoms with Crippen LogP contribution in [0.15, 0.2) is 6.07 Å². The number of hydrogen-bond donors (Lipinski definition) is 0. The fraction of sp³-hybridized carbons (Fsp3) is 0.462. The lowest BCUT2D eigenvalue weighted by Crippen LogP contribution is -2.22. The zero-order valence-electron chi connectivity index (χ0n) is 10.8. The second-order valence-electron chi connectivity index (χ2n) is 4.94. The van der Waals surface area contributed by atoms with Crippen molar-refractivity contribution >= 4 is 5.97 Å². The first kappa shape index (κ1) is 15.5. The number of rotatable bonds is 4. The van der Waals surface area contributed by atoms with Gasteiger partial charge in [-0.05, 0) is 17.9 Å². The molecule has 0 unspecified atom stereocenters. The third-order valence-electron chi connectivity index (χ3n) is 2.87. The van der Waals surface area contributed by atoms with Crippen molar-refractivity contribution in [3.05, 3.63) is 34.9 Å². The van der Waals surface area contributed by atoms with E-state index < -0.39 is 34.8 Å². The maximum absolute atomic E-state index is 13.3. The van der Waals surface area contributed by atoms with Crippen LogP contribution in [0.4, 0.5) is 17.6 Å². The Bertz CT molecular complexity index is 498. The Kier molecular flexibility index (Phi) is 4.55. The number of hydrogen-bond acceptors (Lipinski definition) is 2. The number of carbonyl (C=O) groups excluding carboxylic acids is 1. The van der Waals surface area contributed by atoms with Crippen molar-refractivity contribution < 1.29 is 27.1 Å². The molecule has 0 heterocycles. The molecule has 0 aliphatic rings. The summed E-state index contributed by atoms with van der Waals surface area (Å²) >= 11 is 0. The first-order valence-electron chi connectivity index (χ1n) is 5.69. The van der Waals surface area contributed by atoms with E-state index >= 15 is 0 Å². The summed E-state index contributed by atoms with van der Waals surface area (Å²) in [4.78, 5) is 11.5. The highest BCUT2D eigenvalue weighted by Crippen LogP contribution is 2.23. The van der Waals surface area contributed by atoms with Crippen molar-refractivity contribution in [3.8, 4) is 0 Å². The third kappa shape index (κ3) is 3.45. The Labute approximate surface area is 108 Å². The maximum atomic E-state index is 13.3. The lowest BCUT2D eigenvalue weighted by Gasteiger charge is -2.21. The van der Waals surface area contributed by atoms with Crippen LogP contribution in [0.3, 0.4) is 0 Å². The van der Waals surface area contributed by atoms with Gasteiger partial charge in [-0.2, -0.15) is 0 Å². The maximum Gasteiger partial charge on any atom is 0.341 e. The van der Waals surface area contributed by atoms with E-state index in [1.807, 2.05) is 20.8 Å². The number of ether oxygens (including phenoxy) is 1. The SMILES string of the molecule is CCC(C)(C)COC(=O)c1cc(F)c(F)c(F)c1F. The van der Waals surface area contributed by atoms with Gasteiger partial charge in [0.2, 0.25) is 0 Å². The highest BCUT2D eigenvalue weighted by molar-refractivity contribution is 5.89. The van der Waals surface area contributed by atoms with Gasteiger partial charge in [0.25, 0.3) is 0 Å². The van der Waals surface area contributed by atoms with Crippen LogP contribution >= 0.6 is 0 Å². The molecule has 6 heteroatoms. The van der Waals surface area contributed by atoms with Crippen molar-refractivity contribution in [1.29, 1.82) is 0 Å². The van der Waals surface area contributed by atoms with Crippen molar-refractivity contribution in [2.75, 3.05) is 6.61 Å². The summed E-state index contributed by atoms with van der Waals surface area (Å²) in [7, 11) is 0. The summed E-state index contributed by atoms with van der Waals surface area (Å²) in [5.41, 5.74) is -1.30. The Morgan fingerprint density at radius 3 is 2.26 bits per heavy atom. The molecule has 2 nitrogen and oxygen atoms in total. The molecule has 0 fully saturated rings. The average molecular weight is 278 g/mol. The summed E-state index contributed by atoms with van der Waals surface area (Å²) in [6.07, 6.45) is 0.689. The highest BCUT2D eigenvalue weighted by atomic mass is 19.2. The van der Waals surface area contributed by atoms with Gasteiger partial charge >= 0.3 is 5.97 Å². The first-order chi connectivity index (χ1) is 8.69. The van der Waals surface area contributed by atoms with Crippen LogP contribution in [0.25, 0.3) is 0 Å². The van der Waals surface area contributed by atoms with Gasteiger partial charge < -0.3 is 4.74 Å². The van der Waals surface area contributed by atoms with Gasteiger partial charge in [-0.1, -0.05) is 20.8 Å². The molecule has 0 atom stereocenters. The van der Waals surface area contributed by atoms with E-state index in [1.54, 1.807) is 0 Å². The Morgan fingerprint density at radius 1 is 1.16 bits per heavy atom. The van der Waals surface area contributed by atoms with E-state index in [0.717, 1.165) is 0 Å². The van der Waals surface area contributed by atoms with Crippen LogP contribution < -0.4 is 0 Å². The van der Waals surface area contributed by atoms with Crippen molar-refractivity contribution in [1.82, 2.24) is 0 Å². The number of halogens is 4. The average Bonchev–Trinajstić information content (AvgIpc) is 2.38. The van der Waals surface area contributed by atoms with E-state index in [1.165, 1.54) is 0 Å². The molecular formula is C13H14F4O2. The van der Waals surface area contributed by atoms with Crippen LogP contribution in [0, 0.1) is 28.7 Å². The van der Waals surface area contributed by atoms with Gasteiger partial charge in [0.05, 0.1) is 6.61 Å². The zero-order valence-corrected chi connectivity index (χ0v) is 10.8. The molecule has 106 valence electrons. The smallest absolute Gasteiger partial charge is 0.341 e. The predicted molar refractivity (Wildman–Crippen MR) is 60.6 cm³/mol. The van der Waals surface area contributed by atoms with Crippen LogP contribution in [0.2, 0.25) is 0 Å². The predicted octanol–water partition coefficient (Wildman–Crippen LogP) is 3.84. The first-order valence-corrected chi connectivity index (χ1v) is 5.69. The fourth-order valence-corrected chi connectivity index (χ4v) is 1.16. The molecule has 0 bridgehead atoms. The molecule has 1 aromatic carbocycles. The van der Waals surface area contributed by atoms with E-state index in [-0.39, 0.29) is 18.1 Å². The third-order valence-corrected chi connectivity index (χ3v) is 2.87. The molecule has 0 aromatic heterocycles. The molecule has 0 radical (unpaired) electrons. The molecule has 19 heavy (non-hydrogen) atoms. The second-order valence-corrected chi connectivity index (χ2v) is 4.94. The number of esters is 1. The van der Waals surface area contributed by atoms with Gasteiger partial charge in [-0.15, -0.1) is 0 Å². The summed E-state index contributed by atoms with van der Waals surface area (Å²) in [5, 5.41) is 0. The summed E-state index contributed by atoms with van der Waals surface area (Å²) in [6.45, 7) is 5.44. The Morgan fingerprint density at radius 2 is 1.74 bits per heavy atom. The normalized spacial score (nSPS) is 11.5. The topological polar surface area (TPSA) is 26.3 Å². The molecule has 1 aromatic rings. The molecule has 0 aliphatic heterocycles. The Balaban J connectivity index is 2.96. The van der Waals surface area contributed by atoms with Crippen molar-refractivity contribution in [2.45, 2.75) is 27.2 Å². The van der Waals surface area contributed by atoms with Gasteiger partial charge in [-0.25, -0.2) is 22.4 Å². The van der Waals surface area contributed by atoms with Gasteiger partial charge in [0, 0.05) is 0 Å². The van der Waals surface area contributed by atoms with Gasteiger partial charge in [0.1, 0.15) is 5.56 Å². The minimum absolute atomic E-state index is 0.0393.